The van der Waals surface area contributed by atoms with Crippen molar-refractivity contribution in [2.75, 3.05) is 17.4 Å². The summed E-state index contributed by atoms with van der Waals surface area (Å²) in [6.45, 7) is 7.39. The fourth-order valence-corrected chi connectivity index (χ4v) is 5.64. The van der Waals surface area contributed by atoms with Crippen LogP contribution in [0, 0.1) is 12.8 Å². The molecule has 0 aliphatic rings. The molecule has 208 valence electrons. The van der Waals surface area contributed by atoms with Crippen molar-refractivity contribution in [3.05, 3.63) is 94.0 Å². The standard InChI is InChI=1S/C29H33Cl2N3O4S/c1-20(2)17-32-29(36)22(4)33(18-23-9-11-24(30)12-10-23)28(35)19-34(27-8-6-5-7-21(27)3)39(37,38)26-15-13-25(31)14-16-26/h5-16,20,22H,17-19H2,1-4H3,(H,32,36)/t22-/m1/s1. The molecule has 0 heterocycles. The summed E-state index contributed by atoms with van der Waals surface area (Å²) in [7, 11) is -4.16. The van der Waals surface area contributed by atoms with Crippen LogP contribution in [0.1, 0.15) is 31.9 Å². The van der Waals surface area contributed by atoms with Crippen molar-refractivity contribution in [1.29, 1.82) is 0 Å². The smallest absolute Gasteiger partial charge is 0.264 e. The predicted molar refractivity (Wildman–Crippen MR) is 156 cm³/mol. The third kappa shape index (κ3) is 7.97. The Kier molecular flexibility index (Phi) is 10.4. The van der Waals surface area contributed by atoms with E-state index in [4.69, 9.17) is 23.2 Å². The number of rotatable bonds is 11. The molecule has 2 amide bonds. The number of hydrogen-bond donors (Lipinski definition) is 1. The largest absolute Gasteiger partial charge is 0.354 e. The molecule has 0 spiro atoms. The van der Waals surface area contributed by atoms with Gasteiger partial charge < -0.3 is 10.2 Å². The first-order valence-corrected chi connectivity index (χ1v) is 14.7. The Morgan fingerprint density at radius 2 is 1.44 bits per heavy atom. The minimum Gasteiger partial charge on any atom is -0.354 e. The third-order valence-electron chi connectivity index (χ3n) is 6.18. The van der Waals surface area contributed by atoms with Crippen LogP contribution in [0.2, 0.25) is 10.0 Å². The summed E-state index contributed by atoms with van der Waals surface area (Å²) in [6, 6.07) is 18.8. The van der Waals surface area contributed by atoms with Gasteiger partial charge in [0.25, 0.3) is 10.0 Å². The van der Waals surface area contributed by atoms with Crippen LogP contribution in [-0.4, -0.2) is 44.3 Å². The van der Waals surface area contributed by atoms with Gasteiger partial charge >= 0.3 is 0 Å². The summed E-state index contributed by atoms with van der Waals surface area (Å²) in [5, 5.41) is 3.80. The van der Waals surface area contributed by atoms with Gasteiger partial charge in [0.15, 0.2) is 0 Å². The lowest BCUT2D eigenvalue weighted by Crippen LogP contribution is -2.51. The Bertz CT molecular complexity index is 1390. The highest BCUT2D eigenvalue weighted by molar-refractivity contribution is 7.92. The number of hydrogen-bond acceptors (Lipinski definition) is 4. The van der Waals surface area contributed by atoms with Crippen LogP contribution in [0.4, 0.5) is 5.69 Å². The van der Waals surface area contributed by atoms with E-state index in [-0.39, 0.29) is 23.3 Å². The van der Waals surface area contributed by atoms with Crippen molar-refractivity contribution in [2.24, 2.45) is 5.92 Å². The second kappa shape index (κ2) is 13.3. The van der Waals surface area contributed by atoms with E-state index in [0.29, 0.717) is 27.8 Å². The van der Waals surface area contributed by atoms with E-state index in [1.807, 2.05) is 13.8 Å². The van der Waals surface area contributed by atoms with Gasteiger partial charge in [-0.25, -0.2) is 8.42 Å². The lowest BCUT2D eigenvalue weighted by Gasteiger charge is -2.32. The van der Waals surface area contributed by atoms with E-state index in [9.17, 15) is 18.0 Å². The van der Waals surface area contributed by atoms with E-state index in [0.717, 1.165) is 9.87 Å². The highest BCUT2D eigenvalue weighted by Gasteiger charge is 2.33. The summed E-state index contributed by atoms with van der Waals surface area (Å²) in [6.07, 6.45) is 0. The molecule has 0 aliphatic heterocycles. The molecule has 0 unspecified atom stereocenters. The lowest BCUT2D eigenvalue weighted by atomic mass is 10.1. The molecule has 0 aliphatic carbocycles. The lowest BCUT2D eigenvalue weighted by molar-refractivity contribution is -0.139. The molecule has 0 fully saturated rings. The second-order valence-corrected chi connectivity index (χ2v) is 12.5. The molecule has 0 aromatic heterocycles. The molecule has 0 saturated carbocycles. The zero-order valence-electron chi connectivity index (χ0n) is 22.4. The number of nitrogens with one attached hydrogen (secondary N) is 1. The summed E-state index contributed by atoms with van der Waals surface area (Å²) >= 11 is 12.0. The summed E-state index contributed by atoms with van der Waals surface area (Å²) in [4.78, 5) is 28.3. The highest BCUT2D eigenvalue weighted by atomic mass is 35.5. The third-order valence-corrected chi connectivity index (χ3v) is 8.46. The van der Waals surface area contributed by atoms with Crippen molar-refractivity contribution in [3.8, 4) is 0 Å². The number of carbonyl (C=O) groups is 2. The molecular weight excluding hydrogens is 557 g/mol. The minimum absolute atomic E-state index is 0.00470. The number of anilines is 1. The Balaban J connectivity index is 2.02. The molecule has 3 rings (SSSR count). The number of benzene rings is 3. The Morgan fingerprint density at radius 1 is 0.872 bits per heavy atom. The van der Waals surface area contributed by atoms with E-state index >= 15 is 0 Å². The average Bonchev–Trinajstić information content (AvgIpc) is 2.90. The van der Waals surface area contributed by atoms with E-state index < -0.39 is 28.5 Å². The van der Waals surface area contributed by atoms with Crippen molar-refractivity contribution in [1.82, 2.24) is 10.2 Å². The van der Waals surface area contributed by atoms with Gasteiger partial charge in [-0.1, -0.05) is 67.4 Å². The maximum atomic E-state index is 13.9. The zero-order valence-corrected chi connectivity index (χ0v) is 24.7. The van der Waals surface area contributed by atoms with Crippen LogP contribution in [0.3, 0.4) is 0 Å². The molecule has 10 heteroatoms. The van der Waals surface area contributed by atoms with Crippen LogP contribution in [0.15, 0.2) is 77.7 Å². The molecule has 1 atom stereocenters. The monoisotopic (exact) mass is 589 g/mol. The Labute approximate surface area is 240 Å². The highest BCUT2D eigenvalue weighted by Crippen LogP contribution is 2.28. The number of halogens is 2. The van der Waals surface area contributed by atoms with Crippen molar-refractivity contribution < 1.29 is 18.0 Å². The number of amides is 2. The van der Waals surface area contributed by atoms with E-state index in [2.05, 4.69) is 5.32 Å². The molecule has 39 heavy (non-hydrogen) atoms. The second-order valence-electron chi connectivity index (χ2n) is 9.72. The maximum absolute atomic E-state index is 13.9. The molecule has 0 saturated heterocycles. The average molecular weight is 591 g/mol. The summed E-state index contributed by atoms with van der Waals surface area (Å²) < 4.78 is 28.8. The van der Waals surface area contributed by atoms with E-state index in [1.165, 1.54) is 29.2 Å². The van der Waals surface area contributed by atoms with Crippen LogP contribution in [-0.2, 0) is 26.2 Å². The SMILES string of the molecule is Cc1ccccc1N(CC(=O)N(Cc1ccc(Cl)cc1)[C@H](C)C(=O)NCC(C)C)S(=O)(=O)c1ccc(Cl)cc1. The first-order valence-electron chi connectivity index (χ1n) is 12.6. The van der Waals surface area contributed by atoms with Gasteiger partial charge in [-0.05, 0) is 73.4 Å². The van der Waals surface area contributed by atoms with Crippen LogP contribution < -0.4 is 9.62 Å². The normalized spacial score (nSPS) is 12.2. The Hall–Kier alpha value is -3.07. The van der Waals surface area contributed by atoms with Gasteiger partial charge in [0, 0.05) is 23.1 Å². The zero-order chi connectivity index (χ0) is 28.7. The molecule has 7 nitrogen and oxygen atoms in total. The maximum Gasteiger partial charge on any atom is 0.264 e. The number of carbonyl (C=O) groups excluding carboxylic acids is 2. The number of sulfonamides is 1. The Morgan fingerprint density at radius 3 is 2.00 bits per heavy atom. The van der Waals surface area contributed by atoms with Gasteiger partial charge in [-0.3, -0.25) is 13.9 Å². The number of aryl methyl sites for hydroxylation is 1. The van der Waals surface area contributed by atoms with Gasteiger partial charge in [-0.2, -0.15) is 0 Å². The topological polar surface area (TPSA) is 86.8 Å². The molecule has 3 aromatic carbocycles. The molecule has 0 radical (unpaired) electrons. The number of para-hydroxylation sites is 1. The molecular formula is C29H33Cl2N3O4S. The summed E-state index contributed by atoms with van der Waals surface area (Å²) in [5.41, 5.74) is 1.79. The van der Waals surface area contributed by atoms with Crippen molar-refractivity contribution in [3.63, 3.8) is 0 Å². The quantitative estimate of drug-likeness (QED) is 0.311. The minimum atomic E-state index is -4.16. The van der Waals surface area contributed by atoms with E-state index in [1.54, 1.807) is 62.4 Å². The summed E-state index contributed by atoms with van der Waals surface area (Å²) in [5.74, 6) is -0.630. The molecule has 0 bridgehead atoms. The van der Waals surface area contributed by atoms with Crippen LogP contribution in [0.25, 0.3) is 0 Å². The van der Waals surface area contributed by atoms with Gasteiger partial charge in [-0.15, -0.1) is 0 Å². The molecule has 1 N–H and O–H groups in total. The van der Waals surface area contributed by atoms with Crippen molar-refractivity contribution in [2.45, 2.75) is 45.2 Å². The van der Waals surface area contributed by atoms with Gasteiger partial charge in [0.05, 0.1) is 10.6 Å². The van der Waals surface area contributed by atoms with Gasteiger partial charge in [0.1, 0.15) is 12.6 Å². The molecule has 3 aromatic rings. The first-order chi connectivity index (χ1) is 18.4. The fourth-order valence-electron chi connectivity index (χ4n) is 3.91. The van der Waals surface area contributed by atoms with Crippen molar-refractivity contribution >= 4 is 50.7 Å². The fraction of sp³-hybridized carbons (Fsp3) is 0.310. The van der Waals surface area contributed by atoms with Gasteiger partial charge in [0.2, 0.25) is 11.8 Å². The first kappa shape index (κ1) is 30.5. The van der Waals surface area contributed by atoms with Crippen LogP contribution in [0.5, 0.6) is 0 Å². The number of nitrogens with zero attached hydrogens (tertiary/aromatic N) is 2. The van der Waals surface area contributed by atoms with Crippen LogP contribution >= 0.6 is 23.2 Å². The predicted octanol–water partition coefficient (Wildman–Crippen LogP) is 5.69.